The van der Waals surface area contributed by atoms with Gasteiger partial charge in [-0.1, -0.05) is 24.3 Å². The smallest absolute Gasteiger partial charge is 0.387 e. The van der Waals surface area contributed by atoms with Crippen molar-refractivity contribution in [1.82, 2.24) is 9.80 Å². The first kappa shape index (κ1) is 15.3. The highest BCUT2D eigenvalue weighted by Crippen LogP contribution is 2.34. The standard InChI is InChI=1S/C15H17F3N2O2/c16-15(17,18)9-20-6-5-19(8-13(20)21)12-7-10-3-1-2-4-11(10)14(12)22/h1-4,12,14,22H,5-9H2/t12-,14+/m0/s1. The number of hydrogen-bond acceptors (Lipinski definition) is 3. The third-order valence-corrected chi connectivity index (χ3v) is 4.35. The summed E-state index contributed by atoms with van der Waals surface area (Å²) in [5.41, 5.74) is 1.88. The first-order valence-electron chi connectivity index (χ1n) is 7.19. The van der Waals surface area contributed by atoms with Crippen LogP contribution in [0.5, 0.6) is 0 Å². The van der Waals surface area contributed by atoms with E-state index < -0.39 is 24.7 Å². The Kier molecular flexibility index (Phi) is 3.86. The van der Waals surface area contributed by atoms with Gasteiger partial charge in [0.2, 0.25) is 5.91 Å². The molecule has 120 valence electrons. The fraction of sp³-hybridized carbons (Fsp3) is 0.533. The predicted octanol–water partition coefficient (Wildman–Crippen LogP) is 1.35. The second kappa shape index (κ2) is 5.55. The zero-order valence-electron chi connectivity index (χ0n) is 11.9. The van der Waals surface area contributed by atoms with Gasteiger partial charge in [-0.15, -0.1) is 0 Å². The van der Waals surface area contributed by atoms with Crippen molar-refractivity contribution in [3.8, 4) is 0 Å². The summed E-state index contributed by atoms with van der Waals surface area (Å²) in [4.78, 5) is 14.6. The summed E-state index contributed by atoms with van der Waals surface area (Å²) in [5.74, 6) is -0.535. The molecule has 22 heavy (non-hydrogen) atoms. The number of benzene rings is 1. The van der Waals surface area contributed by atoms with Crippen molar-refractivity contribution in [2.45, 2.75) is 24.7 Å². The molecule has 0 radical (unpaired) electrons. The highest BCUT2D eigenvalue weighted by molar-refractivity contribution is 5.79. The van der Waals surface area contributed by atoms with Crippen molar-refractivity contribution in [2.24, 2.45) is 0 Å². The van der Waals surface area contributed by atoms with Crippen molar-refractivity contribution in [1.29, 1.82) is 0 Å². The minimum atomic E-state index is -4.37. The van der Waals surface area contributed by atoms with Crippen LogP contribution in [0.3, 0.4) is 0 Å². The summed E-state index contributed by atoms with van der Waals surface area (Å²) in [5, 5.41) is 10.4. The Hall–Kier alpha value is -1.60. The van der Waals surface area contributed by atoms with Crippen molar-refractivity contribution in [3.05, 3.63) is 35.4 Å². The van der Waals surface area contributed by atoms with Crippen LogP contribution < -0.4 is 0 Å². The Labute approximate surface area is 126 Å². The zero-order valence-corrected chi connectivity index (χ0v) is 11.9. The van der Waals surface area contributed by atoms with Crippen LogP contribution >= 0.6 is 0 Å². The van der Waals surface area contributed by atoms with Crippen molar-refractivity contribution >= 4 is 5.91 Å². The SMILES string of the molecule is O=C1CN([C@H]2Cc3ccccc3[C@H]2O)CCN1CC(F)(F)F. The number of alkyl halides is 3. The van der Waals surface area contributed by atoms with Crippen LogP contribution in [-0.4, -0.2) is 59.2 Å². The summed E-state index contributed by atoms with van der Waals surface area (Å²) < 4.78 is 37.2. The lowest BCUT2D eigenvalue weighted by molar-refractivity contribution is -0.167. The summed E-state index contributed by atoms with van der Waals surface area (Å²) in [7, 11) is 0. The molecule has 1 saturated heterocycles. The number of hydrogen-bond donors (Lipinski definition) is 1. The van der Waals surface area contributed by atoms with Gasteiger partial charge in [-0.05, 0) is 17.5 Å². The second-order valence-corrected chi connectivity index (χ2v) is 5.82. The van der Waals surface area contributed by atoms with Gasteiger partial charge in [0.25, 0.3) is 0 Å². The van der Waals surface area contributed by atoms with Crippen LogP contribution in [0.4, 0.5) is 13.2 Å². The molecule has 0 unspecified atom stereocenters. The molecular weight excluding hydrogens is 297 g/mol. The molecule has 0 aromatic heterocycles. The molecule has 1 aromatic rings. The topological polar surface area (TPSA) is 43.8 Å². The van der Waals surface area contributed by atoms with Crippen LogP contribution in [-0.2, 0) is 11.2 Å². The number of piperazine rings is 1. The predicted molar refractivity (Wildman–Crippen MR) is 73.1 cm³/mol. The third kappa shape index (κ3) is 2.96. The Morgan fingerprint density at radius 2 is 1.95 bits per heavy atom. The Morgan fingerprint density at radius 3 is 2.59 bits per heavy atom. The van der Waals surface area contributed by atoms with E-state index in [-0.39, 0.29) is 19.1 Å². The average molecular weight is 314 g/mol. The normalized spacial score (nSPS) is 26.4. The Morgan fingerprint density at radius 1 is 1.23 bits per heavy atom. The van der Waals surface area contributed by atoms with Crippen molar-refractivity contribution in [3.63, 3.8) is 0 Å². The monoisotopic (exact) mass is 314 g/mol. The van der Waals surface area contributed by atoms with Gasteiger partial charge in [0.15, 0.2) is 0 Å². The molecule has 4 nitrogen and oxygen atoms in total. The number of amides is 1. The first-order valence-corrected chi connectivity index (χ1v) is 7.19. The van der Waals surface area contributed by atoms with Crippen molar-refractivity contribution < 1.29 is 23.1 Å². The average Bonchev–Trinajstić information content (AvgIpc) is 2.78. The van der Waals surface area contributed by atoms with Crippen LogP contribution in [0.25, 0.3) is 0 Å². The fourth-order valence-corrected chi connectivity index (χ4v) is 3.28. The molecule has 0 bridgehead atoms. The molecule has 1 N–H and O–H groups in total. The second-order valence-electron chi connectivity index (χ2n) is 5.82. The zero-order chi connectivity index (χ0) is 15.9. The van der Waals surface area contributed by atoms with Crippen LogP contribution in [0, 0.1) is 0 Å². The summed E-state index contributed by atoms with van der Waals surface area (Å²) in [6.07, 6.45) is -4.46. The number of aliphatic hydroxyl groups excluding tert-OH is 1. The maximum atomic E-state index is 12.4. The van der Waals surface area contributed by atoms with Gasteiger partial charge in [0, 0.05) is 19.1 Å². The number of carbonyl (C=O) groups excluding carboxylic acids is 1. The van der Waals surface area contributed by atoms with E-state index in [1.54, 1.807) is 4.90 Å². The number of fused-ring (bicyclic) bond motifs is 1. The molecule has 1 amide bonds. The van der Waals surface area contributed by atoms with E-state index in [4.69, 9.17) is 0 Å². The third-order valence-electron chi connectivity index (χ3n) is 4.35. The van der Waals surface area contributed by atoms with Gasteiger partial charge in [0.05, 0.1) is 12.6 Å². The lowest BCUT2D eigenvalue weighted by atomic mass is 10.1. The molecule has 0 spiro atoms. The highest BCUT2D eigenvalue weighted by atomic mass is 19.4. The number of rotatable bonds is 2. The summed E-state index contributed by atoms with van der Waals surface area (Å²) >= 11 is 0. The molecule has 3 rings (SSSR count). The van der Waals surface area contributed by atoms with E-state index in [2.05, 4.69) is 0 Å². The lowest BCUT2D eigenvalue weighted by Gasteiger charge is -2.38. The maximum Gasteiger partial charge on any atom is 0.406 e. The van der Waals surface area contributed by atoms with Gasteiger partial charge in [-0.2, -0.15) is 13.2 Å². The number of aliphatic hydroxyl groups is 1. The Bertz CT molecular complexity index is 576. The van der Waals surface area contributed by atoms with Gasteiger partial charge in [-0.25, -0.2) is 0 Å². The molecule has 2 aliphatic rings. The molecule has 2 atom stereocenters. The highest BCUT2D eigenvalue weighted by Gasteiger charge is 2.40. The van der Waals surface area contributed by atoms with Crippen molar-refractivity contribution in [2.75, 3.05) is 26.2 Å². The van der Waals surface area contributed by atoms with E-state index in [0.29, 0.717) is 13.0 Å². The van der Waals surface area contributed by atoms with E-state index in [1.807, 2.05) is 24.3 Å². The fourth-order valence-electron chi connectivity index (χ4n) is 3.28. The number of nitrogens with zero attached hydrogens (tertiary/aromatic N) is 2. The van der Waals surface area contributed by atoms with Gasteiger partial charge < -0.3 is 10.0 Å². The molecule has 1 aliphatic heterocycles. The van der Waals surface area contributed by atoms with E-state index in [9.17, 15) is 23.1 Å². The van der Waals surface area contributed by atoms with Crippen LogP contribution in [0.1, 0.15) is 17.2 Å². The van der Waals surface area contributed by atoms with Gasteiger partial charge >= 0.3 is 6.18 Å². The first-order chi connectivity index (χ1) is 10.3. The quantitative estimate of drug-likeness (QED) is 0.896. The van der Waals surface area contributed by atoms with Crippen LogP contribution in [0.15, 0.2) is 24.3 Å². The minimum absolute atomic E-state index is 0.0396. The van der Waals surface area contributed by atoms with Crippen LogP contribution in [0.2, 0.25) is 0 Å². The lowest BCUT2D eigenvalue weighted by Crippen LogP contribution is -2.56. The number of carbonyl (C=O) groups is 1. The van der Waals surface area contributed by atoms with E-state index in [0.717, 1.165) is 16.0 Å². The van der Waals surface area contributed by atoms with E-state index >= 15 is 0 Å². The molecular formula is C15H17F3N2O2. The summed E-state index contributed by atoms with van der Waals surface area (Å²) in [6.45, 7) is -0.894. The molecule has 1 heterocycles. The molecule has 1 aliphatic carbocycles. The minimum Gasteiger partial charge on any atom is -0.387 e. The largest absolute Gasteiger partial charge is 0.406 e. The molecule has 1 fully saturated rings. The Balaban J connectivity index is 1.66. The maximum absolute atomic E-state index is 12.4. The van der Waals surface area contributed by atoms with E-state index in [1.165, 1.54) is 0 Å². The van der Waals surface area contributed by atoms with Gasteiger partial charge in [-0.3, -0.25) is 9.69 Å². The molecule has 7 heteroatoms. The summed E-state index contributed by atoms with van der Waals surface area (Å²) in [6, 6.07) is 7.27. The van der Waals surface area contributed by atoms with Gasteiger partial charge in [0.1, 0.15) is 6.54 Å². The molecule has 1 aromatic carbocycles. The number of halogens is 3. The molecule has 0 saturated carbocycles.